The third kappa shape index (κ3) is 5.22. The van der Waals surface area contributed by atoms with Gasteiger partial charge in [-0.05, 0) is 29.8 Å². The Labute approximate surface area is 146 Å². The molecule has 0 unspecified atom stereocenters. The van der Waals surface area contributed by atoms with Gasteiger partial charge in [0, 0.05) is 0 Å². The van der Waals surface area contributed by atoms with E-state index in [0.717, 1.165) is 11.3 Å². The van der Waals surface area contributed by atoms with E-state index in [1.807, 2.05) is 66.7 Å². The van der Waals surface area contributed by atoms with E-state index >= 15 is 0 Å². The summed E-state index contributed by atoms with van der Waals surface area (Å²) in [7, 11) is 0. The molecule has 0 radical (unpaired) electrons. The van der Waals surface area contributed by atoms with Gasteiger partial charge in [0.05, 0.1) is 25.0 Å². The molecule has 2 N–H and O–H groups in total. The van der Waals surface area contributed by atoms with Gasteiger partial charge in [-0.25, -0.2) is 0 Å². The van der Waals surface area contributed by atoms with Gasteiger partial charge in [0.25, 0.3) is 0 Å². The first-order valence-electron chi connectivity index (χ1n) is 8.10. The van der Waals surface area contributed by atoms with Crippen LogP contribution in [0.5, 0.6) is 5.75 Å². The van der Waals surface area contributed by atoms with E-state index in [1.54, 1.807) is 6.26 Å². The van der Waals surface area contributed by atoms with Crippen molar-refractivity contribution in [2.24, 2.45) is 0 Å². The number of para-hydroxylation sites is 2. The second kappa shape index (κ2) is 8.70. The van der Waals surface area contributed by atoms with Gasteiger partial charge < -0.3 is 19.8 Å². The second-order valence-electron chi connectivity index (χ2n) is 5.50. The molecule has 0 atom stereocenters. The summed E-state index contributed by atoms with van der Waals surface area (Å²) in [5.74, 6) is 1.30. The number of benzene rings is 2. The highest BCUT2D eigenvalue weighted by Crippen LogP contribution is 2.24. The van der Waals surface area contributed by atoms with Crippen LogP contribution < -0.4 is 15.4 Å². The van der Waals surface area contributed by atoms with Gasteiger partial charge in [-0.3, -0.25) is 4.79 Å². The molecule has 5 heteroatoms. The predicted octanol–water partition coefficient (Wildman–Crippen LogP) is 3.59. The first-order valence-corrected chi connectivity index (χ1v) is 8.10. The van der Waals surface area contributed by atoms with Crippen molar-refractivity contribution in [1.82, 2.24) is 5.32 Å². The molecule has 1 aromatic heterocycles. The maximum Gasteiger partial charge on any atom is 0.238 e. The van der Waals surface area contributed by atoms with Crippen LogP contribution in [0.3, 0.4) is 0 Å². The number of amides is 1. The fraction of sp³-hybridized carbons (Fsp3) is 0.150. The predicted molar refractivity (Wildman–Crippen MR) is 96.3 cm³/mol. The molecule has 0 aliphatic carbocycles. The number of rotatable bonds is 8. The Morgan fingerprint density at radius 1 is 0.960 bits per heavy atom. The summed E-state index contributed by atoms with van der Waals surface area (Å²) in [4.78, 5) is 12.1. The number of furan rings is 1. The Morgan fingerprint density at radius 2 is 1.76 bits per heavy atom. The minimum Gasteiger partial charge on any atom is -0.487 e. The lowest BCUT2D eigenvalue weighted by Gasteiger charge is -2.12. The number of nitrogens with one attached hydrogen (secondary N) is 2. The van der Waals surface area contributed by atoms with E-state index in [9.17, 15) is 4.79 Å². The molecule has 0 saturated heterocycles. The van der Waals surface area contributed by atoms with Gasteiger partial charge in [-0.2, -0.15) is 0 Å². The van der Waals surface area contributed by atoms with E-state index in [-0.39, 0.29) is 12.5 Å². The number of carbonyl (C=O) groups is 1. The second-order valence-corrected chi connectivity index (χ2v) is 5.50. The Hall–Kier alpha value is -3.05. The topological polar surface area (TPSA) is 63.5 Å². The van der Waals surface area contributed by atoms with Gasteiger partial charge in [0.1, 0.15) is 18.1 Å². The molecule has 1 heterocycles. The van der Waals surface area contributed by atoms with E-state index in [2.05, 4.69) is 10.6 Å². The van der Waals surface area contributed by atoms with Crippen LogP contribution in [0.25, 0.3) is 0 Å². The fourth-order valence-electron chi connectivity index (χ4n) is 2.34. The zero-order valence-electron chi connectivity index (χ0n) is 13.8. The third-order valence-electron chi connectivity index (χ3n) is 3.56. The SMILES string of the molecule is O=C(CNCc1ccco1)Nc1ccccc1OCc1ccccc1. The average Bonchev–Trinajstić information content (AvgIpc) is 3.15. The molecule has 0 aliphatic rings. The summed E-state index contributed by atoms with van der Waals surface area (Å²) < 4.78 is 11.0. The van der Waals surface area contributed by atoms with E-state index in [1.165, 1.54) is 0 Å². The molecule has 25 heavy (non-hydrogen) atoms. The Morgan fingerprint density at radius 3 is 2.56 bits per heavy atom. The minimum atomic E-state index is -0.137. The van der Waals surface area contributed by atoms with Crippen LogP contribution in [0.4, 0.5) is 5.69 Å². The zero-order valence-corrected chi connectivity index (χ0v) is 13.8. The monoisotopic (exact) mass is 336 g/mol. The lowest BCUT2D eigenvalue weighted by atomic mass is 10.2. The minimum absolute atomic E-state index is 0.137. The lowest BCUT2D eigenvalue weighted by Crippen LogP contribution is -2.27. The van der Waals surface area contributed by atoms with Crippen LogP contribution in [0, 0.1) is 0 Å². The van der Waals surface area contributed by atoms with Gasteiger partial charge in [-0.1, -0.05) is 42.5 Å². The molecule has 5 nitrogen and oxygen atoms in total. The lowest BCUT2D eigenvalue weighted by molar-refractivity contribution is -0.115. The molecule has 0 spiro atoms. The summed E-state index contributed by atoms with van der Waals surface area (Å²) in [6.45, 7) is 1.14. The van der Waals surface area contributed by atoms with Crippen LogP contribution in [0.1, 0.15) is 11.3 Å². The largest absolute Gasteiger partial charge is 0.487 e. The average molecular weight is 336 g/mol. The van der Waals surface area contributed by atoms with Crippen molar-refractivity contribution in [1.29, 1.82) is 0 Å². The number of carbonyl (C=O) groups excluding carboxylic acids is 1. The number of hydrogen-bond donors (Lipinski definition) is 2. The summed E-state index contributed by atoms with van der Waals surface area (Å²) in [6, 6.07) is 21.0. The molecular weight excluding hydrogens is 316 g/mol. The molecule has 3 aromatic rings. The Balaban J connectivity index is 1.52. The molecule has 0 saturated carbocycles. The van der Waals surface area contributed by atoms with Crippen molar-refractivity contribution >= 4 is 11.6 Å². The van der Waals surface area contributed by atoms with E-state index in [4.69, 9.17) is 9.15 Å². The molecule has 3 rings (SSSR count). The quantitative estimate of drug-likeness (QED) is 0.660. The van der Waals surface area contributed by atoms with Gasteiger partial charge in [0.2, 0.25) is 5.91 Å². The maximum atomic E-state index is 12.1. The third-order valence-corrected chi connectivity index (χ3v) is 3.56. The highest BCUT2D eigenvalue weighted by molar-refractivity contribution is 5.93. The summed E-state index contributed by atoms with van der Waals surface area (Å²) in [5.41, 5.74) is 1.73. The van der Waals surface area contributed by atoms with Crippen molar-refractivity contribution in [3.8, 4) is 5.75 Å². The number of hydrogen-bond acceptors (Lipinski definition) is 4. The summed E-state index contributed by atoms with van der Waals surface area (Å²) >= 11 is 0. The van der Waals surface area contributed by atoms with Crippen molar-refractivity contribution in [3.63, 3.8) is 0 Å². The maximum absolute atomic E-state index is 12.1. The standard InChI is InChI=1S/C20H20N2O3/c23-20(14-21-13-17-9-6-12-24-17)22-18-10-4-5-11-19(18)25-15-16-7-2-1-3-8-16/h1-12,21H,13-15H2,(H,22,23). The summed E-state index contributed by atoms with van der Waals surface area (Å²) in [5, 5.41) is 5.91. The molecule has 0 bridgehead atoms. The molecule has 0 aliphatic heterocycles. The first kappa shape index (κ1) is 16.8. The van der Waals surface area contributed by atoms with Crippen molar-refractivity contribution in [3.05, 3.63) is 84.3 Å². The van der Waals surface area contributed by atoms with Crippen LogP contribution in [0.15, 0.2) is 77.4 Å². The molecular formula is C20H20N2O3. The van der Waals surface area contributed by atoms with Crippen LogP contribution in [-0.4, -0.2) is 12.5 Å². The van der Waals surface area contributed by atoms with E-state index in [0.29, 0.717) is 24.6 Å². The highest BCUT2D eigenvalue weighted by Gasteiger charge is 2.08. The Kier molecular flexibility index (Phi) is 5.85. The van der Waals surface area contributed by atoms with Crippen LogP contribution in [0.2, 0.25) is 0 Å². The molecule has 1 amide bonds. The van der Waals surface area contributed by atoms with Gasteiger partial charge in [0.15, 0.2) is 0 Å². The molecule has 2 aromatic carbocycles. The summed E-state index contributed by atoms with van der Waals surface area (Å²) in [6.07, 6.45) is 1.61. The van der Waals surface area contributed by atoms with Crippen molar-refractivity contribution < 1.29 is 13.9 Å². The zero-order chi connectivity index (χ0) is 17.3. The first-order chi connectivity index (χ1) is 12.3. The fourth-order valence-corrected chi connectivity index (χ4v) is 2.34. The van der Waals surface area contributed by atoms with Crippen LogP contribution in [-0.2, 0) is 17.9 Å². The number of ether oxygens (including phenoxy) is 1. The molecule has 128 valence electrons. The van der Waals surface area contributed by atoms with Gasteiger partial charge in [-0.15, -0.1) is 0 Å². The van der Waals surface area contributed by atoms with Gasteiger partial charge >= 0.3 is 0 Å². The Bertz CT molecular complexity index is 786. The normalized spacial score (nSPS) is 10.4. The smallest absolute Gasteiger partial charge is 0.238 e. The molecule has 0 fully saturated rings. The van der Waals surface area contributed by atoms with Crippen molar-refractivity contribution in [2.45, 2.75) is 13.2 Å². The van der Waals surface area contributed by atoms with E-state index < -0.39 is 0 Å². The number of anilines is 1. The van der Waals surface area contributed by atoms with Crippen molar-refractivity contribution in [2.75, 3.05) is 11.9 Å². The van der Waals surface area contributed by atoms with Crippen LogP contribution >= 0.6 is 0 Å². The highest BCUT2D eigenvalue weighted by atomic mass is 16.5.